The van der Waals surface area contributed by atoms with Crippen LogP contribution in [0.5, 0.6) is 0 Å². The van der Waals surface area contributed by atoms with E-state index in [-0.39, 0.29) is 0 Å². The maximum atomic E-state index is 5.25. The second-order valence-corrected chi connectivity index (χ2v) is 5.35. The van der Waals surface area contributed by atoms with Crippen LogP contribution >= 0.6 is 21.6 Å². The molecule has 0 spiro atoms. The van der Waals surface area contributed by atoms with Gasteiger partial charge in [-0.15, -0.1) is 0 Å². The number of hydrogen-bond donors (Lipinski definition) is 0. The lowest BCUT2D eigenvalue weighted by atomic mass is 10.2. The van der Waals surface area contributed by atoms with Crippen molar-refractivity contribution in [1.29, 1.82) is 0 Å². The van der Waals surface area contributed by atoms with Crippen LogP contribution in [0.2, 0.25) is 0 Å². The first kappa shape index (κ1) is 12.0. The fourth-order valence-electron chi connectivity index (χ4n) is 0.980. The largest absolute Gasteiger partial charge is 0.381 e. The lowest BCUT2D eigenvalue weighted by molar-refractivity contribution is 0.165. The van der Waals surface area contributed by atoms with E-state index in [2.05, 4.69) is 30.3 Å². The van der Waals surface area contributed by atoms with Gasteiger partial charge in [0.05, 0.1) is 6.61 Å². The molecule has 0 fully saturated rings. The fourth-order valence-corrected chi connectivity index (χ4v) is 2.91. The summed E-state index contributed by atoms with van der Waals surface area (Å²) in [4.78, 5) is 0. The number of rotatable bonds is 7. The van der Waals surface area contributed by atoms with Crippen molar-refractivity contribution in [3.8, 4) is 0 Å². The Morgan fingerprint density at radius 2 is 1.93 bits per heavy atom. The maximum Gasteiger partial charge on any atom is 0.0564 e. The minimum atomic E-state index is 0.823. The molecule has 3 heteroatoms. The van der Waals surface area contributed by atoms with E-state index < -0.39 is 0 Å². The van der Waals surface area contributed by atoms with E-state index in [9.17, 15) is 0 Å². The number of benzene rings is 1. The summed E-state index contributed by atoms with van der Waals surface area (Å²) in [5.74, 6) is 2.16. The Hall–Kier alpha value is -0.120. The highest BCUT2D eigenvalue weighted by Gasteiger charge is 1.93. The van der Waals surface area contributed by atoms with Crippen molar-refractivity contribution in [3.63, 3.8) is 0 Å². The number of hydrogen-bond acceptors (Lipinski definition) is 3. The third-order valence-electron chi connectivity index (χ3n) is 1.67. The van der Waals surface area contributed by atoms with Crippen LogP contribution in [0.1, 0.15) is 12.5 Å². The van der Waals surface area contributed by atoms with E-state index in [0.29, 0.717) is 0 Å². The van der Waals surface area contributed by atoms with Crippen LogP contribution in [0.15, 0.2) is 30.3 Å². The van der Waals surface area contributed by atoms with Gasteiger partial charge >= 0.3 is 0 Å². The highest BCUT2D eigenvalue weighted by atomic mass is 33.1. The van der Waals surface area contributed by atoms with Gasteiger partial charge in [-0.25, -0.2) is 0 Å². The molecule has 0 unspecified atom stereocenters. The Bertz CT molecular complexity index is 226. The first-order chi connectivity index (χ1) is 6.93. The molecule has 0 saturated heterocycles. The van der Waals surface area contributed by atoms with Gasteiger partial charge in [-0.2, -0.15) is 0 Å². The van der Waals surface area contributed by atoms with Gasteiger partial charge in [0.1, 0.15) is 0 Å². The molecule has 0 heterocycles. The molecule has 0 radical (unpaired) electrons. The lowest BCUT2D eigenvalue weighted by Crippen LogP contribution is -1.94. The molecule has 0 aliphatic carbocycles. The van der Waals surface area contributed by atoms with Crippen molar-refractivity contribution in [1.82, 2.24) is 0 Å². The molecule has 0 atom stereocenters. The van der Waals surface area contributed by atoms with Crippen molar-refractivity contribution in [2.75, 3.05) is 19.0 Å². The van der Waals surface area contributed by atoms with Crippen LogP contribution in [-0.2, 0) is 10.5 Å². The van der Waals surface area contributed by atoms with Gasteiger partial charge in [-0.3, -0.25) is 0 Å². The summed E-state index contributed by atoms with van der Waals surface area (Å²) in [6, 6.07) is 10.5. The van der Waals surface area contributed by atoms with Gasteiger partial charge < -0.3 is 4.74 Å². The Balaban J connectivity index is 1.99. The van der Waals surface area contributed by atoms with E-state index in [4.69, 9.17) is 4.74 Å². The zero-order valence-electron chi connectivity index (χ0n) is 8.44. The average molecular weight is 228 g/mol. The topological polar surface area (TPSA) is 9.23 Å². The first-order valence-electron chi connectivity index (χ1n) is 4.79. The van der Waals surface area contributed by atoms with Crippen LogP contribution in [0, 0.1) is 0 Å². The molecule has 0 aliphatic heterocycles. The van der Waals surface area contributed by atoms with E-state index in [1.54, 1.807) is 0 Å². The van der Waals surface area contributed by atoms with Crippen LogP contribution in [-0.4, -0.2) is 19.0 Å². The minimum absolute atomic E-state index is 0.823. The summed E-state index contributed by atoms with van der Waals surface area (Å²) in [5.41, 5.74) is 1.39. The zero-order chi connectivity index (χ0) is 10.1. The maximum absolute atomic E-state index is 5.25. The third-order valence-corrected chi connectivity index (χ3v) is 3.97. The fraction of sp³-hybridized carbons (Fsp3) is 0.455. The second-order valence-electron chi connectivity index (χ2n) is 2.77. The lowest BCUT2D eigenvalue weighted by Gasteiger charge is -2.01. The predicted octanol–water partition coefficient (Wildman–Crippen LogP) is 3.60. The Labute approximate surface area is 94.0 Å². The van der Waals surface area contributed by atoms with E-state index in [0.717, 1.165) is 24.7 Å². The van der Waals surface area contributed by atoms with Gasteiger partial charge in [-0.1, -0.05) is 51.9 Å². The van der Waals surface area contributed by atoms with Crippen LogP contribution < -0.4 is 0 Å². The molecule has 1 nitrogen and oxygen atoms in total. The van der Waals surface area contributed by atoms with Crippen molar-refractivity contribution >= 4 is 21.6 Å². The minimum Gasteiger partial charge on any atom is -0.381 e. The van der Waals surface area contributed by atoms with E-state index >= 15 is 0 Å². The van der Waals surface area contributed by atoms with E-state index in [1.807, 2.05) is 28.5 Å². The molecule has 0 aromatic heterocycles. The Morgan fingerprint density at radius 1 is 1.14 bits per heavy atom. The third kappa shape index (κ3) is 5.58. The molecule has 78 valence electrons. The van der Waals surface area contributed by atoms with Gasteiger partial charge in [0, 0.05) is 18.1 Å². The van der Waals surface area contributed by atoms with Crippen molar-refractivity contribution in [3.05, 3.63) is 35.9 Å². The molecule has 0 bridgehead atoms. The second kappa shape index (κ2) is 8.21. The highest BCUT2D eigenvalue weighted by Crippen LogP contribution is 2.25. The molecule has 14 heavy (non-hydrogen) atoms. The van der Waals surface area contributed by atoms with E-state index in [1.165, 1.54) is 5.56 Å². The van der Waals surface area contributed by atoms with Gasteiger partial charge in [0.2, 0.25) is 0 Å². The SMILES string of the molecule is CCOCCSSCc1ccccc1. The summed E-state index contributed by atoms with van der Waals surface area (Å²) in [5, 5.41) is 0. The normalized spacial score (nSPS) is 10.4. The molecular formula is C11H16OS2. The summed E-state index contributed by atoms with van der Waals surface area (Å²) in [7, 11) is 3.77. The van der Waals surface area contributed by atoms with Crippen LogP contribution in [0.4, 0.5) is 0 Å². The highest BCUT2D eigenvalue weighted by molar-refractivity contribution is 8.76. The van der Waals surface area contributed by atoms with Gasteiger partial charge in [0.15, 0.2) is 0 Å². The van der Waals surface area contributed by atoms with Gasteiger partial charge in [0.25, 0.3) is 0 Å². The first-order valence-corrected chi connectivity index (χ1v) is 7.28. The number of ether oxygens (including phenoxy) is 1. The molecule has 0 amide bonds. The van der Waals surface area contributed by atoms with Crippen molar-refractivity contribution in [2.45, 2.75) is 12.7 Å². The van der Waals surface area contributed by atoms with Crippen molar-refractivity contribution < 1.29 is 4.74 Å². The Kier molecular flexibility index (Phi) is 7.01. The molecule has 0 aliphatic rings. The summed E-state index contributed by atoms with van der Waals surface area (Å²) >= 11 is 0. The monoisotopic (exact) mass is 228 g/mol. The molecular weight excluding hydrogens is 212 g/mol. The van der Waals surface area contributed by atoms with Crippen molar-refractivity contribution in [2.24, 2.45) is 0 Å². The smallest absolute Gasteiger partial charge is 0.0564 e. The molecule has 1 aromatic carbocycles. The Morgan fingerprint density at radius 3 is 2.64 bits per heavy atom. The molecule has 0 saturated carbocycles. The predicted molar refractivity (Wildman–Crippen MR) is 66.7 cm³/mol. The standard InChI is InChI=1S/C11H16OS2/c1-2-12-8-9-13-14-10-11-6-4-3-5-7-11/h3-7H,2,8-10H2,1H3. The summed E-state index contributed by atoms with van der Waals surface area (Å²) < 4.78 is 5.25. The summed E-state index contributed by atoms with van der Waals surface area (Å²) in [6.07, 6.45) is 0. The quantitative estimate of drug-likeness (QED) is 0.521. The van der Waals surface area contributed by atoms with Crippen LogP contribution in [0.3, 0.4) is 0 Å². The average Bonchev–Trinajstić information content (AvgIpc) is 2.25. The molecule has 1 aromatic rings. The summed E-state index contributed by atoms with van der Waals surface area (Å²) in [6.45, 7) is 3.72. The molecule has 0 N–H and O–H groups in total. The van der Waals surface area contributed by atoms with Crippen LogP contribution in [0.25, 0.3) is 0 Å². The zero-order valence-corrected chi connectivity index (χ0v) is 10.1. The molecule has 1 rings (SSSR count). The van der Waals surface area contributed by atoms with Gasteiger partial charge in [-0.05, 0) is 12.5 Å².